The van der Waals surface area contributed by atoms with Crippen molar-refractivity contribution in [3.63, 3.8) is 0 Å². The average molecular weight is 250 g/mol. The fraction of sp³-hybridized carbons (Fsp3) is 1.00. The summed E-state index contributed by atoms with van der Waals surface area (Å²) in [6.45, 7) is 4.83. The number of hydrogen-bond acceptors (Lipinski definition) is 3. The predicted molar refractivity (Wildman–Crippen MR) is 65.2 cm³/mol. The van der Waals surface area contributed by atoms with Gasteiger partial charge in [-0.3, -0.25) is 9.65 Å². The van der Waals surface area contributed by atoms with Crippen LogP contribution in [0.3, 0.4) is 0 Å². The summed E-state index contributed by atoms with van der Waals surface area (Å²) in [5, 5.41) is 2.46. The van der Waals surface area contributed by atoms with Gasteiger partial charge in [-0.1, -0.05) is 46.0 Å². The van der Waals surface area contributed by atoms with E-state index in [0.29, 0.717) is 13.0 Å². The first kappa shape index (κ1) is 16.1. The van der Waals surface area contributed by atoms with Gasteiger partial charge in [-0.25, -0.2) is 0 Å². The summed E-state index contributed by atoms with van der Waals surface area (Å²) in [6.07, 6.45) is 7.63. The molecular weight excluding hydrogens is 225 g/mol. The van der Waals surface area contributed by atoms with E-state index < -0.39 is 7.75 Å². The van der Waals surface area contributed by atoms with E-state index in [0.717, 1.165) is 12.8 Å². The zero-order chi connectivity index (χ0) is 12.3. The lowest BCUT2D eigenvalue weighted by Gasteiger charge is -2.23. The maximum absolute atomic E-state index is 11.2. The SMILES string of the molecule is CCCCCCCCNP(=O)([O-])OCCC. The van der Waals surface area contributed by atoms with Crippen LogP contribution in [0.25, 0.3) is 0 Å². The number of rotatable bonds is 11. The highest BCUT2D eigenvalue weighted by atomic mass is 31.2. The van der Waals surface area contributed by atoms with Crippen molar-refractivity contribution in [2.24, 2.45) is 0 Å². The van der Waals surface area contributed by atoms with Crippen molar-refractivity contribution in [1.82, 2.24) is 5.09 Å². The molecule has 0 aromatic heterocycles. The standard InChI is InChI=1S/C11H26NO3P/c1-3-5-6-7-8-9-10-12-16(13,14)15-11-4-2/h3-11H2,1-2H3,(H2,12,13,14)/p-1. The molecule has 0 rings (SSSR count). The molecule has 0 aromatic carbocycles. The fourth-order valence-electron chi connectivity index (χ4n) is 1.38. The molecule has 0 spiro atoms. The first-order chi connectivity index (χ1) is 7.62. The summed E-state index contributed by atoms with van der Waals surface area (Å²) in [4.78, 5) is 11.2. The molecule has 1 unspecified atom stereocenters. The Kier molecular flexibility index (Phi) is 10.3. The van der Waals surface area contributed by atoms with Crippen LogP contribution in [0.15, 0.2) is 0 Å². The maximum atomic E-state index is 11.2. The summed E-state index contributed by atoms with van der Waals surface area (Å²) in [6, 6.07) is 0. The molecule has 0 aliphatic rings. The van der Waals surface area contributed by atoms with E-state index in [9.17, 15) is 9.46 Å². The molecule has 0 saturated heterocycles. The Morgan fingerprint density at radius 2 is 1.69 bits per heavy atom. The fourth-order valence-corrected chi connectivity index (χ4v) is 2.32. The van der Waals surface area contributed by atoms with Gasteiger partial charge < -0.3 is 9.42 Å². The zero-order valence-electron chi connectivity index (χ0n) is 10.5. The van der Waals surface area contributed by atoms with Crippen LogP contribution < -0.4 is 9.98 Å². The lowest BCUT2D eigenvalue weighted by atomic mass is 10.1. The minimum Gasteiger partial charge on any atom is -0.766 e. The second-order valence-electron chi connectivity index (χ2n) is 4.01. The van der Waals surface area contributed by atoms with E-state index >= 15 is 0 Å². The van der Waals surface area contributed by atoms with E-state index in [1.165, 1.54) is 25.7 Å². The van der Waals surface area contributed by atoms with Crippen molar-refractivity contribution in [2.45, 2.75) is 58.8 Å². The van der Waals surface area contributed by atoms with Gasteiger partial charge in [0, 0.05) is 6.54 Å². The highest BCUT2D eigenvalue weighted by Crippen LogP contribution is 2.31. The molecule has 5 heteroatoms. The second kappa shape index (κ2) is 10.3. The molecule has 98 valence electrons. The minimum atomic E-state index is -3.77. The molecule has 0 radical (unpaired) electrons. The van der Waals surface area contributed by atoms with E-state index in [-0.39, 0.29) is 6.61 Å². The third kappa shape index (κ3) is 10.6. The van der Waals surface area contributed by atoms with Gasteiger partial charge in [-0.05, 0) is 12.8 Å². The van der Waals surface area contributed by atoms with Crippen molar-refractivity contribution < 1.29 is 14.0 Å². The van der Waals surface area contributed by atoms with Crippen LogP contribution in [-0.4, -0.2) is 13.2 Å². The Hall–Kier alpha value is 0.110. The van der Waals surface area contributed by atoms with Crippen molar-refractivity contribution in [3.05, 3.63) is 0 Å². The molecule has 0 fully saturated rings. The van der Waals surface area contributed by atoms with Crippen LogP contribution in [0.1, 0.15) is 58.8 Å². The molecule has 0 aliphatic heterocycles. The normalized spacial score (nSPS) is 14.9. The van der Waals surface area contributed by atoms with Gasteiger partial charge in [-0.15, -0.1) is 0 Å². The van der Waals surface area contributed by atoms with Crippen molar-refractivity contribution in [2.75, 3.05) is 13.2 Å². The number of nitrogens with one attached hydrogen (secondary N) is 1. The van der Waals surface area contributed by atoms with E-state index in [1.807, 2.05) is 6.92 Å². The molecule has 4 nitrogen and oxygen atoms in total. The van der Waals surface area contributed by atoms with Crippen LogP contribution in [0.2, 0.25) is 0 Å². The Morgan fingerprint density at radius 3 is 2.31 bits per heavy atom. The van der Waals surface area contributed by atoms with Crippen molar-refractivity contribution >= 4 is 7.75 Å². The highest BCUT2D eigenvalue weighted by molar-refractivity contribution is 7.49. The minimum absolute atomic E-state index is 0.268. The van der Waals surface area contributed by atoms with Crippen LogP contribution in [0.4, 0.5) is 0 Å². The molecular formula is C11H25NO3P-. The average Bonchev–Trinajstić information content (AvgIpc) is 2.25. The molecule has 1 atom stereocenters. The van der Waals surface area contributed by atoms with Crippen LogP contribution in [0, 0.1) is 0 Å². The van der Waals surface area contributed by atoms with Crippen LogP contribution in [-0.2, 0) is 9.09 Å². The maximum Gasteiger partial charge on any atom is 0.204 e. The smallest absolute Gasteiger partial charge is 0.204 e. The summed E-state index contributed by atoms with van der Waals surface area (Å²) < 4.78 is 15.9. The second-order valence-corrected chi connectivity index (χ2v) is 5.58. The Labute approximate surface area is 99.4 Å². The molecule has 0 saturated carbocycles. The lowest BCUT2D eigenvalue weighted by Crippen LogP contribution is -2.22. The van der Waals surface area contributed by atoms with Crippen LogP contribution >= 0.6 is 7.75 Å². The molecule has 0 amide bonds. The number of unbranched alkanes of at least 4 members (excludes halogenated alkanes) is 5. The molecule has 1 N–H and O–H groups in total. The molecule has 0 bridgehead atoms. The Bertz CT molecular complexity index is 200. The molecule has 0 aliphatic carbocycles. The van der Waals surface area contributed by atoms with E-state index in [4.69, 9.17) is 4.52 Å². The molecule has 16 heavy (non-hydrogen) atoms. The third-order valence-electron chi connectivity index (χ3n) is 2.30. The predicted octanol–water partition coefficient (Wildman–Crippen LogP) is 2.83. The molecule has 0 heterocycles. The summed E-state index contributed by atoms with van der Waals surface area (Å²) in [5.74, 6) is 0. The monoisotopic (exact) mass is 250 g/mol. The van der Waals surface area contributed by atoms with E-state index in [1.54, 1.807) is 0 Å². The Balaban J connectivity index is 3.32. The Morgan fingerprint density at radius 1 is 1.06 bits per heavy atom. The van der Waals surface area contributed by atoms with Crippen molar-refractivity contribution in [1.29, 1.82) is 0 Å². The lowest BCUT2D eigenvalue weighted by molar-refractivity contribution is -0.202. The summed E-state index contributed by atoms with van der Waals surface area (Å²) in [5.41, 5.74) is 0. The first-order valence-electron chi connectivity index (χ1n) is 6.33. The van der Waals surface area contributed by atoms with Gasteiger partial charge in [0.1, 0.15) is 0 Å². The van der Waals surface area contributed by atoms with Gasteiger partial charge in [0.25, 0.3) is 0 Å². The zero-order valence-corrected chi connectivity index (χ0v) is 11.4. The van der Waals surface area contributed by atoms with Crippen molar-refractivity contribution in [3.8, 4) is 0 Å². The van der Waals surface area contributed by atoms with Gasteiger partial charge >= 0.3 is 0 Å². The highest BCUT2D eigenvalue weighted by Gasteiger charge is 2.05. The van der Waals surface area contributed by atoms with Gasteiger partial charge in [0.15, 0.2) is 0 Å². The summed E-state index contributed by atoms with van der Waals surface area (Å²) in [7, 11) is -3.77. The number of hydrogen-bond donors (Lipinski definition) is 1. The van der Waals surface area contributed by atoms with Crippen LogP contribution in [0.5, 0.6) is 0 Å². The first-order valence-corrected chi connectivity index (χ1v) is 7.87. The quantitative estimate of drug-likeness (QED) is 0.452. The van der Waals surface area contributed by atoms with E-state index in [2.05, 4.69) is 12.0 Å². The molecule has 0 aromatic rings. The largest absolute Gasteiger partial charge is 0.766 e. The topological polar surface area (TPSA) is 61.4 Å². The summed E-state index contributed by atoms with van der Waals surface area (Å²) >= 11 is 0. The third-order valence-corrected chi connectivity index (χ3v) is 3.43. The van der Waals surface area contributed by atoms with Gasteiger partial charge in [0.2, 0.25) is 7.75 Å². The van der Waals surface area contributed by atoms with Gasteiger partial charge in [-0.2, -0.15) is 0 Å². The van der Waals surface area contributed by atoms with Gasteiger partial charge in [0.05, 0.1) is 6.61 Å².